The van der Waals surface area contributed by atoms with Crippen LogP contribution in [0.4, 0.5) is 10.5 Å². The summed E-state index contributed by atoms with van der Waals surface area (Å²) < 4.78 is 21.7. The number of fused-ring (bicyclic) bond motifs is 3. The molecule has 5 rings (SSSR count). The number of nitrogens with zero attached hydrogens (tertiary/aromatic N) is 2. The van der Waals surface area contributed by atoms with Crippen molar-refractivity contribution >= 4 is 17.7 Å². The molecule has 2 amide bonds. The second kappa shape index (κ2) is 8.07. The highest BCUT2D eigenvalue weighted by Crippen LogP contribution is 2.40. The molecule has 0 radical (unpaired) electrons. The van der Waals surface area contributed by atoms with Crippen molar-refractivity contribution in [2.24, 2.45) is 0 Å². The van der Waals surface area contributed by atoms with Gasteiger partial charge in [0.25, 0.3) is 5.95 Å². The van der Waals surface area contributed by atoms with Gasteiger partial charge in [-0.25, -0.2) is 4.79 Å². The maximum atomic E-state index is 12.4. The molecule has 3 aromatic rings. The Kier molecular flexibility index (Phi) is 5.08. The van der Waals surface area contributed by atoms with Crippen LogP contribution >= 0.6 is 0 Å². The van der Waals surface area contributed by atoms with Crippen LogP contribution in [-0.4, -0.2) is 43.5 Å². The molecule has 166 valence electrons. The van der Waals surface area contributed by atoms with Gasteiger partial charge in [-0.05, 0) is 43.0 Å². The second-order valence-electron chi connectivity index (χ2n) is 7.95. The Morgan fingerprint density at radius 2 is 2.19 bits per heavy atom. The fraction of sp³-hybridized carbons (Fsp3) is 0.348. The molecular weight excluding hydrogens is 414 g/mol. The van der Waals surface area contributed by atoms with E-state index >= 15 is 0 Å². The lowest BCUT2D eigenvalue weighted by Gasteiger charge is -2.15. The minimum absolute atomic E-state index is 0.152. The Morgan fingerprint density at radius 3 is 2.97 bits per heavy atom. The molecule has 1 aromatic carbocycles. The molecule has 9 heteroatoms. The summed E-state index contributed by atoms with van der Waals surface area (Å²) in [7, 11) is 1.55. The summed E-state index contributed by atoms with van der Waals surface area (Å²) >= 11 is 0. The molecule has 1 aliphatic heterocycles. The van der Waals surface area contributed by atoms with Crippen LogP contribution < -0.4 is 15.0 Å². The summed E-state index contributed by atoms with van der Waals surface area (Å²) in [6.07, 6.45) is 3.41. The first kappa shape index (κ1) is 20.2. The molecule has 1 N–H and O–H groups in total. The lowest BCUT2D eigenvalue weighted by molar-refractivity contribution is -0.119. The van der Waals surface area contributed by atoms with Gasteiger partial charge in [-0.2, -0.15) is 0 Å². The van der Waals surface area contributed by atoms with Crippen LogP contribution in [0.3, 0.4) is 0 Å². The van der Waals surface area contributed by atoms with Crippen molar-refractivity contribution in [1.29, 1.82) is 0 Å². The average Bonchev–Trinajstić information content (AvgIpc) is 3.48. The van der Waals surface area contributed by atoms with Crippen molar-refractivity contribution in [3.63, 3.8) is 0 Å². The number of cyclic esters (lactones) is 1. The third-order valence-electron chi connectivity index (χ3n) is 5.81. The van der Waals surface area contributed by atoms with E-state index in [0.717, 1.165) is 58.7 Å². The molecule has 1 aliphatic carbocycles. The van der Waals surface area contributed by atoms with Crippen molar-refractivity contribution in [3.05, 3.63) is 41.7 Å². The van der Waals surface area contributed by atoms with E-state index in [4.69, 9.17) is 18.4 Å². The number of furan rings is 1. The summed E-state index contributed by atoms with van der Waals surface area (Å²) in [5.41, 5.74) is 5.44. The predicted octanol–water partition coefficient (Wildman–Crippen LogP) is 3.56. The van der Waals surface area contributed by atoms with E-state index in [1.807, 2.05) is 18.2 Å². The van der Waals surface area contributed by atoms with Gasteiger partial charge >= 0.3 is 6.09 Å². The van der Waals surface area contributed by atoms with Crippen LogP contribution in [0.2, 0.25) is 0 Å². The number of aromatic nitrogens is 1. The SMILES string of the molecule is COc1cc(-c2noc3c2CCCc2cc(N4CC(CNC(C)=O)OC4=O)ccc2-3)co1. The number of ether oxygens (including phenoxy) is 2. The van der Waals surface area contributed by atoms with Gasteiger partial charge in [0.05, 0.1) is 20.2 Å². The fourth-order valence-electron chi connectivity index (χ4n) is 4.26. The van der Waals surface area contributed by atoms with Gasteiger partial charge in [0.2, 0.25) is 5.91 Å². The lowest BCUT2D eigenvalue weighted by Crippen LogP contribution is -2.33. The van der Waals surface area contributed by atoms with E-state index in [-0.39, 0.29) is 12.0 Å². The minimum Gasteiger partial charge on any atom is -0.468 e. The van der Waals surface area contributed by atoms with Crippen LogP contribution in [0, 0.1) is 0 Å². The average molecular weight is 437 g/mol. The number of nitrogens with one attached hydrogen (secondary N) is 1. The largest absolute Gasteiger partial charge is 0.468 e. The molecule has 9 nitrogen and oxygen atoms in total. The van der Waals surface area contributed by atoms with E-state index in [1.54, 1.807) is 24.3 Å². The van der Waals surface area contributed by atoms with Crippen LogP contribution in [0.15, 0.2) is 39.5 Å². The van der Waals surface area contributed by atoms with Gasteiger partial charge in [0.1, 0.15) is 18.1 Å². The Balaban J connectivity index is 1.42. The van der Waals surface area contributed by atoms with Crippen LogP contribution in [-0.2, 0) is 22.4 Å². The van der Waals surface area contributed by atoms with Gasteiger partial charge < -0.3 is 23.7 Å². The number of methoxy groups -OCH3 is 1. The van der Waals surface area contributed by atoms with Crippen molar-refractivity contribution in [1.82, 2.24) is 10.5 Å². The lowest BCUT2D eigenvalue weighted by atomic mass is 10.0. The molecule has 0 saturated carbocycles. The zero-order valence-corrected chi connectivity index (χ0v) is 17.8. The first-order valence-corrected chi connectivity index (χ1v) is 10.5. The molecule has 2 aliphatic rings. The van der Waals surface area contributed by atoms with Gasteiger partial charge in [0, 0.05) is 35.4 Å². The van der Waals surface area contributed by atoms with Crippen molar-refractivity contribution in [2.75, 3.05) is 25.1 Å². The minimum atomic E-state index is -0.412. The fourth-order valence-corrected chi connectivity index (χ4v) is 4.26. The summed E-state index contributed by atoms with van der Waals surface area (Å²) in [5.74, 6) is 1.01. The number of benzene rings is 1. The predicted molar refractivity (Wildman–Crippen MR) is 115 cm³/mol. The number of carbonyl (C=O) groups is 2. The van der Waals surface area contributed by atoms with Crippen LogP contribution in [0.25, 0.3) is 22.6 Å². The third kappa shape index (κ3) is 3.59. The molecular formula is C23H23N3O6. The number of anilines is 1. The maximum absolute atomic E-state index is 12.4. The zero-order valence-electron chi connectivity index (χ0n) is 17.8. The number of rotatable bonds is 5. The molecule has 1 saturated heterocycles. The van der Waals surface area contributed by atoms with Crippen molar-refractivity contribution in [3.8, 4) is 28.5 Å². The molecule has 1 fully saturated rings. The number of carbonyl (C=O) groups excluding carboxylic acids is 2. The summed E-state index contributed by atoms with van der Waals surface area (Å²) in [4.78, 5) is 25.1. The number of amides is 2. The summed E-state index contributed by atoms with van der Waals surface area (Å²) in [6, 6.07) is 7.66. The van der Waals surface area contributed by atoms with Gasteiger partial charge in [-0.3, -0.25) is 9.69 Å². The standard InChI is InChI=1S/C23H23N3O6/c1-13(27)24-10-17-11-26(23(28)31-17)16-6-7-18-14(8-16)4-3-5-19-21(25-32-22(18)19)15-9-20(29-2)30-12-15/h6-9,12,17H,3-5,10-11H2,1-2H3,(H,24,27). The van der Waals surface area contributed by atoms with E-state index < -0.39 is 6.09 Å². The first-order valence-electron chi connectivity index (χ1n) is 10.5. The molecule has 2 aromatic heterocycles. The normalized spacial score (nSPS) is 17.4. The highest BCUT2D eigenvalue weighted by molar-refractivity contribution is 5.90. The quantitative estimate of drug-likeness (QED) is 0.650. The van der Waals surface area contributed by atoms with Crippen molar-refractivity contribution in [2.45, 2.75) is 32.3 Å². The zero-order chi connectivity index (χ0) is 22.2. The summed E-state index contributed by atoms with van der Waals surface area (Å²) in [6.45, 7) is 2.12. The Labute approximate surface area is 184 Å². The van der Waals surface area contributed by atoms with Gasteiger partial charge in [0.15, 0.2) is 5.76 Å². The molecule has 3 heterocycles. The van der Waals surface area contributed by atoms with E-state index in [9.17, 15) is 9.59 Å². The smallest absolute Gasteiger partial charge is 0.414 e. The molecule has 0 spiro atoms. The number of hydrogen-bond acceptors (Lipinski definition) is 7. The van der Waals surface area contributed by atoms with E-state index in [1.165, 1.54) is 6.92 Å². The topological polar surface area (TPSA) is 107 Å². The van der Waals surface area contributed by atoms with Crippen molar-refractivity contribution < 1.29 is 28.0 Å². The highest BCUT2D eigenvalue weighted by Gasteiger charge is 2.33. The second-order valence-corrected chi connectivity index (χ2v) is 7.95. The van der Waals surface area contributed by atoms with E-state index in [0.29, 0.717) is 19.0 Å². The molecule has 32 heavy (non-hydrogen) atoms. The van der Waals surface area contributed by atoms with Crippen LogP contribution in [0.1, 0.15) is 24.5 Å². The Bertz CT molecular complexity index is 1180. The monoisotopic (exact) mass is 437 g/mol. The van der Waals surface area contributed by atoms with Gasteiger partial charge in [-0.1, -0.05) is 5.16 Å². The van der Waals surface area contributed by atoms with Gasteiger partial charge in [-0.15, -0.1) is 0 Å². The maximum Gasteiger partial charge on any atom is 0.414 e. The highest BCUT2D eigenvalue weighted by atomic mass is 16.6. The number of aryl methyl sites for hydroxylation is 1. The van der Waals surface area contributed by atoms with E-state index in [2.05, 4.69) is 10.5 Å². The summed E-state index contributed by atoms with van der Waals surface area (Å²) in [5, 5.41) is 7.00. The first-order chi connectivity index (χ1) is 15.5. The molecule has 1 unspecified atom stereocenters. The molecule has 1 atom stereocenters. The molecule has 0 bridgehead atoms. The van der Waals surface area contributed by atoms with Crippen LogP contribution in [0.5, 0.6) is 5.95 Å². The number of hydrogen-bond donors (Lipinski definition) is 1. The Morgan fingerprint density at radius 1 is 1.31 bits per heavy atom. The third-order valence-corrected chi connectivity index (χ3v) is 5.81. The Hall–Kier alpha value is -3.75.